The van der Waals surface area contributed by atoms with E-state index in [0.717, 1.165) is 47.2 Å². The van der Waals surface area contributed by atoms with Gasteiger partial charge in [-0.2, -0.15) is 0 Å². The van der Waals surface area contributed by atoms with E-state index < -0.39 is 6.04 Å². The van der Waals surface area contributed by atoms with Gasteiger partial charge in [0.15, 0.2) is 5.82 Å². The van der Waals surface area contributed by atoms with Crippen molar-refractivity contribution in [1.82, 2.24) is 30.1 Å². The van der Waals surface area contributed by atoms with Gasteiger partial charge in [0.25, 0.3) is 5.56 Å². The summed E-state index contributed by atoms with van der Waals surface area (Å²) in [5, 5.41) is 13.9. The Labute approximate surface area is 222 Å². The highest BCUT2D eigenvalue weighted by atomic mass is 16.5. The number of rotatable bonds is 8. The zero-order valence-corrected chi connectivity index (χ0v) is 22.8. The molecule has 0 radical (unpaired) electrons. The maximum Gasteiger partial charge on any atom is 0.253 e. The number of aryl methyl sites for hydroxylation is 1. The van der Waals surface area contributed by atoms with E-state index in [4.69, 9.17) is 9.47 Å². The Kier molecular flexibility index (Phi) is 7.32. The number of hydrogen-bond donors (Lipinski definition) is 1. The summed E-state index contributed by atoms with van der Waals surface area (Å²) in [5.74, 6) is 1.43. The van der Waals surface area contributed by atoms with Crippen LogP contribution in [0.15, 0.2) is 53.3 Å². The largest absolute Gasteiger partial charge is 0.497 e. The minimum atomic E-state index is -0.496. The molecule has 0 spiro atoms. The van der Waals surface area contributed by atoms with Crippen LogP contribution in [0, 0.1) is 6.92 Å². The molecule has 2 atom stereocenters. The SMILES string of the molecule is COc1ccc(CN(C[C@H]2CCCO2)[C@H](c2cc3cccc(C)c3[nH]c2=O)c2nnnn2C(C)(C)C)cc1. The van der Waals surface area contributed by atoms with Gasteiger partial charge in [0.1, 0.15) is 11.8 Å². The number of methoxy groups -OCH3 is 1. The smallest absolute Gasteiger partial charge is 0.253 e. The molecule has 38 heavy (non-hydrogen) atoms. The maximum absolute atomic E-state index is 13.8. The molecule has 9 nitrogen and oxygen atoms in total. The molecular weight excluding hydrogens is 480 g/mol. The molecule has 0 aliphatic carbocycles. The predicted octanol–water partition coefficient (Wildman–Crippen LogP) is 4.36. The molecule has 0 amide bonds. The van der Waals surface area contributed by atoms with Gasteiger partial charge in [-0.25, -0.2) is 4.68 Å². The number of ether oxygens (including phenoxy) is 2. The van der Waals surface area contributed by atoms with E-state index in [1.807, 2.05) is 48.0 Å². The second-order valence-corrected chi connectivity index (χ2v) is 11.0. The molecule has 1 fully saturated rings. The second-order valence-electron chi connectivity index (χ2n) is 11.0. The number of para-hydroxylation sites is 1. The fourth-order valence-electron chi connectivity index (χ4n) is 5.22. The molecule has 2 aromatic heterocycles. The highest BCUT2D eigenvalue weighted by Crippen LogP contribution is 2.32. The lowest BCUT2D eigenvalue weighted by atomic mass is 9.99. The van der Waals surface area contributed by atoms with E-state index in [-0.39, 0.29) is 17.2 Å². The number of benzene rings is 2. The van der Waals surface area contributed by atoms with Crippen LogP contribution in [0.25, 0.3) is 10.9 Å². The summed E-state index contributed by atoms with van der Waals surface area (Å²) in [5.41, 5.74) is 3.04. The third-order valence-corrected chi connectivity index (χ3v) is 7.16. The number of aromatic nitrogens is 5. The molecule has 1 N–H and O–H groups in total. The number of tetrazole rings is 1. The molecule has 1 aliphatic rings. The Hall–Kier alpha value is -3.56. The van der Waals surface area contributed by atoms with Crippen LogP contribution in [-0.4, -0.2) is 56.5 Å². The van der Waals surface area contributed by atoms with Crippen LogP contribution in [0.5, 0.6) is 5.75 Å². The van der Waals surface area contributed by atoms with E-state index in [2.05, 4.69) is 58.3 Å². The summed E-state index contributed by atoms with van der Waals surface area (Å²) in [6.07, 6.45) is 2.07. The third-order valence-electron chi connectivity index (χ3n) is 7.16. The highest BCUT2D eigenvalue weighted by molar-refractivity contribution is 5.82. The summed E-state index contributed by atoms with van der Waals surface area (Å²) in [7, 11) is 1.66. The molecule has 0 saturated carbocycles. The van der Waals surface area contributed by atoms with Crippen molar-refractivity contribution in [3.8, 4) is 5.75 Å². The molecule has 0 unspecified atom stereocenters. The first-order chi connectivity index (χ1) is 18.2. The fraction of sp³-hybridized carbons (Fsp3) is 0.448. The fourth-order valence-corrected chi connectivity index (χ4v) is 5.22. The van der Waals surface area contributed by atoms with Gasteiger partial charge >= 0.3 is 0 Å². The van der Waals surface area contributed by atoms with Crippen molar-refractivity contribution in [3.63, 3.8) is 0 Å². The number of hydrogen-bond acceptors (Lipinski definition) is 7. The van der Waals surface area contributed by atoms with Crippen molar-refractivity contribution in [2.45, 2.75) is 64.8 Å². The normalized spacial score (nSPS) is 16.8. The number of nitrogens with one attached hydrogen (secondary N) is 1. The summed E-state index contributed by atoms with van der Waals surface area (Å²) >= 11 is 0. The van der Waals surface area contributed by atoms with Gasteiger partial charge in [-0.1, -0.05) is 30.3 Å². The first kappa shape index (κ1) is 26.1. The molecule has 1 saturated heterocycles. The second kappa shape index (κ2) is 10.7. The summed E-state index contributed by atoms with van der Waals surface area (Å²) in [6.45, 7) is 10.2. The Morgan fingerprint density at radius 2 is 2.00 bits per heavy atom. The molecule has 2 aromatic carbocycles. The van der Waals surface area contributed by atoms with Crippen LogP contribution >= 0.6 is 0 Å². The Bertz CT molecular complexity index is 1450. The van der Waals surface area contributed by atoms with Crippen LogP contribution in [0.1, 0.15) is 62.2 Å². The average Bonchev–Trinajstić information content (AvgIpc) is 3.58. The standard InChI is InChI=1S/C29H36N6O3/c1-19-8-6-9-21-16-24(28(36)30-25(19)21)26(27-31-32-33-35(27)29(2,3)4)34(18-23-10-7-15-38-23)17-20-11-13-22(37-5)14-12-20/h6,8-9,11-14,16,23,26H,7,10,15,17-18H2,1-5H3,(H,30,36)/t23-,26-/m1/s1. The van der Waals surface area contributed by atoms with Crippen molar-refractivity contribution in [1.29, 1.82) is 0 Å². The third kappa shape index (κ3) is 5.35. The lowest BCUT2D eigenvalue weighted by Gasteiger charge is -2.34. The first-order valence-electron chi connectivity index (χ1n) is 13.1. The molecule has 5 rings (SSSR count). The molecule has 200 valence electrons. The number of H-pyrrole nitrogens is 1. The van der Waals surface area contributed by atoms with Crippen LogP contribution in [0.3, 0.4) is 0 Å². The summed E-state index contributed by atoms with van der Waals surface area (Å²) in [4.78, 5) is 19.2. The molecule has 0 bridgehead atoms. The van der Waals surface area contributed by atoms with E-state index in [1.54, 1.807) is 7.11 Å². The van der Waals surface area contributed by atoms with Crippen LogP contribution in [0.4, 0.5) is 0 Å². The number of fused-ring (bicyclic) bond motifs is 1. The Morgan fingerprint density at radius 1 is 1.21 bits per heavy atom. The maximum atomic E-state index is 13.8. The van der Waals surface area contributed by atoms with Gasteiger partial charge in [-0.3, -0.25) is 9.69 Å². The molecular formula is C29H36N6O3. The first-order valence-corrected chi connectivity index (χ1v) is 13.1. The van der Waals surface area contributed by atoms with Crippen molar-refractivity contribution in [2.75, 3.05) is 20.3 Å². The van der Waals surface area contributed by atoms with E-state index in [0.29, 0.717) is 24.5 Å². The zero-order chi connectivity index (χ0) is 26.9. The summed E-state index contributed by atoms with van der Waals surface area (Å²) < 4.78 is 13.3. The predicted molar refractivity (Wildman–Crippen MR) is 146 cm³/mol. The molecule has 9 heteroatoms. The average molecular weight is 517 g/mol. The number of nitrogens with zero attached hydrogens (tertiary/aromatic N) is 5. The van der Waals surface area contributed by atoms with Gasteiger partial charge in [0.05, 0.1) is 24.3 Å². The van der Waals surface area contributed by atoms with Crippen LogP contribution in [0.2, 0.25) is 0 Å². The Morgan fingerprint density at radius 3 is 2.68 bits per heavy atom. The lowest BCUT2D eigenvalue weighted by molar-refractivity contribution is 0.0564. The monoisotopic (exact) mass is 516 g/mol. The molecule has 4 aromatic rings. The van der Waals surface area contributed by atoms with Crippen molar-refractivity contribution < 1.29 is 9.47 Å². The number of aromatic amines is 1. The highest BCUT2D eigenvalue weighted by Gasteiger charge is 2.35. The van der Waals surface area contributed by atoms with E-state index in [9.17, 15) is 4.79 Å². The van der Waals surface area contributed by atoms with Crippen LogP contribution < -0.4 is 10.3 Å². The molecule has 3 heterocycles. The minimum Gasteiger partial charge on any atom is -0.497 e. The van der Waals surface area contributed by atoms with Gasteiger partial charge in [-0.15, -0.1) is 5.10 Å². The Balaban J connectivity index is 1.68. The van der Waals surface area contributed by atoms with Crippen LogP contribution in [-0.2, 0) is 16.8 Å². The van der Waals surface area contributed by atoms with Gasteiger partial charge in [0.2, 0.25) is 0 Å². The van der Waals surface area contributed by atoms with Gasteiger partial charge < -0.3 is 14.5 Å². The minimum absolute atomic E-state index is 0.0662. The zero-order valence-electron chi connectivity index (χ0n) is 22.8. The topological polar surface area (TPSA) is 98.2 Å². The van der Waals surface area contributed by atoms with Crippen molar-refractivity contribution in [3.05, 3.63) is 81.4 Å². The quantitative estimate of drug-likeness (QED) is 0.372. The van der Waals surface area contributed by atoms with Gasteiger partial charge in [-0.05, 0) is 85.7 Å². The summed E-state index contributed by atoms with van der Waals surface area (Å²) in [6, 6.07) is 15.6. The molecule has 1 aliphatic heterocycles. The van der Waals surface area contributed by atoms with Crippen molar-refractivity contribution in [2.24, 2.45) is 0 Å². The van der Waals surface area contributed by atoms with E-state index in [1.165, 1.54) is 0 Å². The lowest BCUT2D eigenvalue weighted by Crippen LogP contribution is -2.40. The number of pyridine rings is 1. The van der Waals surface area contributed by atoms with Crippen molar-refractivity contribution >= 4 is 10.9 Å². The van der Waals surface area contributed by atoms with E-state index >= 15 is 0 Å². The van der Waals surface area contributed by atoms with Gasteiger partial charge in [0, 0.05) is 25.3 Å².